The lowest BCUT2D eigenvalue weighted by Gasteiger charge is -1.87. The Hall–Kier alpha value is -0.975. The molecular formula is C9H10B. The molecule has 0 saturated carbocycles. The zero-order chi connectivity index (χ0) is 7.23. The molecule has 1 aliphatic heterocycles. The van der Waals surface area contributed by atoms with Crippen molar-refractivity contribution >= 4 is 7.28 Å². The molecule has 0 atom stereocenters. The Morgan fingerprint density at radius 1 is 1.00 bits per heavy atom. The third-order valence-corrected chi connectivity index (χ3v) is 1.27. The predicted molar refractivity (Wildman–Crippen MR) is 46.9 cm³/mol. The van der Waals surface area contributed by atoms with Gasteiger partial charge in [-0.1, -0.05) is 43.4 Å². The van der Waals surface area contributed by atoms with Gasteiger partial charge in [-0.3, -0.25) is 0 Å². The lowest BCUT2D eigenvalue weighted by molar-refractivity contribution is 1.65. The van der Waals surface area contributed by atoms with Gasteiger partial charge in [0.2, 0.25) is 0 Å². The highest BCUT2D eigenvalue weighted by atomic mass is 13.7. The summed E-state index contributed by atoms with van der Waals surface area (Å²) in [6.07, 6.45) is 12.2. The van der Waals surface area contributed by atoms with Crippen LogP contribution in [0.1, 0.15) is 6.92 Å². The summed E-state index contributed by atoms with van der Waals surface area (Å²) in [5.41, 5.74) is 1.27. The molecule has 49 valence electrons. The van der Waals surface area contributed by atoms with Crippen LogP contribution in [0.2, 0.25) is 0 Å². The molecule has 0 spiro atoms. The maximum absolute atomic E-state index is 2.08. The summed E-state index contributed by atoms with van der Waals surface area (Å²) in [4.78, 5) is 0. The van der Waals surface area contributed by atoms with E-state index in [9.17, 15) is 0 Å². The Balaban J connectivity index is 2.70. The van der Waals surface area contributed by atoms with Gasteiger partial charge in [-0.15, -0.1) is 11.4 Å². The summed E-state index contributed by atoms with van der Waals surface area (Å²) in [5.74, 6) is 2.04. The highest BCUT2D eigenvalue weighted by molar-refractivity contribution is 6.50. The molecule has 0 nitrogen and oxygen atoms in total. The van der Waals surface area contributed by atoms with E-state index in [0.717, 1.165) is 0 Å². The second kappa shape index (κ2) is 3.94. The van der Waals surface area contributed by atoms with E-state index in [1.807, 2.05) is 36.4 Å². The minimum Gasteiger partial charge on any atom is -0.117 e. The summed E-state index contributed by atoms with van der Waals surface area (Å²) in [6, 6.07) is 0. The predicted octanol–water partition coefficient (Wildman–Crippen LogP) is 2.23. The van der Waals surface area contributed by atoms with Crippen molar-refractivity contribution in [2.45, 2.75) is 6.92 Å². The van der Waals surface area contributed by atoms with Crippen LogP contribution in [0.15, 0.2) is 47.9 Å². The van der Waals surface area contributed by atoms with Crippen molar-refractivity contribution in [3.8, 4) is 0 Å². The van der Waals surface area contributed by atoms with Crippen molar-refractivity contribution in [1.82, 2.24) is 0 Å². The van der Waals surface area contributed by atoms with Crippen LogP contribution in [0, 0.1) is 0 Å². The van der Waals surface area contributed by atoms with Crippen molar-refractivity contribution in [3.05, 3.63) is 47.9 Å². The van der Waals surface area contributed by atoms with E-state index < -0.39 is 0 Å². The molecule has 0 aromatic rings. The molecule has 1 radical (unpaired) electrons. The molecule has 0 saturated heterocycles. The Morgan fingerprint density at radius 2 is 1.70 bits per heavy atom. The molecule has 0 bridgehead atoms. The van der Waals surface area contributed by atoms with Gasteiger partial charge >= 0.3 is 0 Å². The number of allylic oxidation sites excluding steroid dienone is 7. The molecule has 0 N–H and O–H groups in total. The molecule has 0 aliphatic carbocycles. The van der Waals surface area contributed by atoms with Gasteiger partial charge in [0.1, 0.15) is 0 Å². The lowest BCUT2D eigenvalue weighted by Crippen LogP contribution is -1.85. The van der Waals surface area contributed by atoms with Crippen LogP contribution in [-0.4, -0.2) is 7.28 Å². The zero-order valence-electron chi connectivity index (χ0n) is 6.12. The highest BCUT2D eigenvalue weighted by Gasteiger charge is 1.84. The summed E-state index contributed by atoms with van der Waals surface area (Å²) >= 11 is 0. The van der Waals surface area contributed by atoms with Crippen LogP contribution in [0.25, 0.3) is 0 Å². The second-order valence-electron chi connectivity index (χ2n) is 2.23. The maximum Gasteiger partial charge on any atom is 0.175 e. The van der Waals surface area contributed by atoms with Crippen molar-refractivity contribution in [2.24, 2.45) is 0 Å². The lowest BCUT2D eigenvalue weighted by atomic mass is 9.70. The molecular weight excluding hydrogens is 119 g/mol. The van der Waals surface area contributed by atoms with E-state index in [1.165, 1.54) is 5.47 Å². The first kappa shape index (κ1) is 7.14. The van der Waals surface area contributed by atoms with Gasteiger partial charge in [-0.05, 0) is 0 Å². The average molecular weight is 129 g/mol. The summed E-state index contributed by atoms with van der Waals surface area (Å²) < 4.78 is 0. The first-order chi connectivity index (χ1) is 4.89. The highest BCUT2D eigenvalue weighted by Crippen LogP contribution is 1.94. The SMILES string of the molecule is C/C1=C/C=C\C=C/C=C\[B]1. The monoisotopic (exact) mass is 129 g/mol. The van der Waals surface area contributed by atoms with E-state index in [-0.39, 0.29) is 0 Å². The Morgan fingerprint density at radius 3 is 2.60 bits per heavy atom. The van der Waals surface area contributed by atoms with Crippen molar-refractivity contribution in [3.63, 3.8) is 0 Å². The minimum absolute atomic E-state index is 1.27. The molecule has 10 heavy (non-hydrogen) atoms. The average Bonchev–Trinajstić information content (AvgIpc) is 2.02. The van der Waals surface area contributed by atoms with Crippen LogP contribution in [-0.2, 0) is 0 Å². The zero-order valence-corrected chi connectivity index (χ0v) is 6.12. The van der Waals surface area contributed by atoms with Gasteiger partial charge < -0.3 is 0 Å². The van der Waals surface area contributed by atoms with Gasteiger partial charge in [0.25, 0.3) is 0 Å². The fraction of sp³-hybridized carbons (Fsp3) is 0.111. The van der Waals surface area contributed by atoms with Crippen LogP contribution in [0.3, 0.4) is 0 Å². The third kappa shape index (κ3) is 2.54. The topological polar surface area (TPSA) is 0 Å². The van der Waals surface area contributed by atoms with Crippen LogP contribution < -0.4 is 0 Å². The van der Waals surface area contributed by atoms with Gasteiger partial charge in [0, 0.05) is 0 Å². The molecule has 0 unspecified atom stereocenters. The smallest absolute Gasteiger partial charge is 0.117 e. The van der Waals surface area contributed by atoms with Crippen LogP contribution in [0.5, 0.6) is 0 Å². The number of hydrogen-bond acceptors (Lipinski definition) is 0. The van der Waals surface area contributed by atoms with Gasteiger partial charge in [0.15, 0.2) is 7.28 Å². The molecule has 0 aromatic carbocycles. The second-order valence-corrected chi connectivity index (χ2v) is 2.23. The summed E-state index contributed by atoms with van der Waals surface area (Å²) in [6.45, 7) is 2.08. The van der Waals surface area contributed by atoms with Gasteiger partial charge in [-0.25, -0.2) is 0 Å². The molecule has 1 aliphatic rings. The van der Waals surface area contributed by atoms with Crippen molar-refractivity contribution in [2.75, 3.05) is 0 Å². The Labute approximate surface area is 62.9 Å². The standard InChI is InChI=1S/C9H10B/c1-9-7-5-3-2-4-6-8-10-9/h2-8H,1H3/b4-2-,5-3-,8-6-,9-7-. The molecule has 0 fully saturated rings. The van der Waals surface area contributed by atoms with Crippen molar-refractivity contribution in [1.29, 1.82) is 0 Å². The molecule has 1 heterocycles. The summed E-state index contributed by atoms with van der Waals surface area (Å²) in [7, 11) is 2.08. The van der Waals surface area contributed by atoms with Gasteiger partial charge in [-0.2, -0.15) is 0 Å². The largest absolute Gasteiger partial charge is 0.175 e. The Bertz CT molecular complexity index is 207. The van der Waals surface area contributed by atoms with E-state index in [2.05, 4.69) is 20.3 Å². The Kier molecular flexibility index (Phi) is 2.81. The quantitative estimate of drug-likeness (QED) is 0.440. The first-order valence-electron chi connectivity index (χ1n) is 3.41. The molecule has 0 aromatic heterocycles. The fourth-order valence-electron chi connectivity index (χ4n) is 0.727. The normalized spacial score (nSPS) is 31.5. The van der Waals surface area contributed by atoms with E-state index in [1.54, 1.807) is 0 Å². The number of hydrogen-bond donors (Lipinski definition) is 0. The van der Waals surface area contributed by atoms with E-state index in [0.29, 0.717) is 0 Å². The van der Waals surface area contributed by atoms with E-state index in [4.69, 9.17) is 0 Å². The maximum atomic E-state index is 2.08. The molecule has 1 heteroatoms. The van der Waals surface area contributed by atoms with E-state index >= 15 is 0 Å². The van der Waals surface area contributed by atoms with Gasteiger partial charge in [0.05, 0.1) is 0 Å². The molecule has 0 amide bonds. The van der Waals surface area contributed by atoms with Crippen molar-refractivity contribution < 1.29 is 0 Å². The summed E-state index contributed by atoms with van der Waals surface area (Å²) in [5, 5.41) is 0. The first-order valence-corrected chi connectivity index (χ1v) is 3.41. The minimum atomic E-state index is 1.27. The fourth-order valence-corrected chi connectivity index (χ4v) is 0.727. The van der Waals surface area contributed by atoms with Crippen LogP contribution >= 0.6 is 0 Å². The molecule has 1 rings (SSSR count). The van der Waals surface area contributed by atoms with Crippen LogP contribution in [0.4, 0.5) is 0 Å². The third-order valence-electron chi connectivity index (χ3n) is 1.27. The number of rotatable bonds is 0.